The summed E-state index contributed by atoms with van der Waals surface area (Å²) in [6, 6.07) is 11.1. The lowest BCUT2D eigenvalue weighted by Gasteiger charge is -2.13. The van der Waals surface area contributed by atoms with Gasteiger partial charge in [-0.05, 0) is 48.7 Å². The van der Waals surface area contributed by atoms with Gasteiger partial charge in [0.25, 0.3) is 0 Å². The lowest BCUT2D eigenvalue weighted by molar-refractivity contribution is -0.0512. The zero-order valence-electron chi connectivity index (χ0n) is 16.3. The summed E-state index contributed by atoms with van der Waals surface area (Å²) in [6.45, 7) is 0.665. The van der Waals surface area contributed by atoms with Crippen LogP contribution in [-0.2, 0) is 13.0 Å². The van der Waals surface area contributed by atoms with Gasteiger partial charge in [-0.2, -0.15) is 8.78 Å². The van der Waals surface area contributed by atoms with Gasteiger partial charge in [-0.3, -0.25) is 0 Å². The van der Waals surface area contributed by atoms with Gasteiger partial charge < -0.3 is 20.1 Å². The molecule has 0 aliphatic rings. The van der Waals surface area contributed by atoms with Crippen LogP contribution < -0.4 is 20.1 Å². The zero-order chi connectivity index (χ0) is 20.4. The van der Waals surface area contributed by atoms with Crippen LogP contribution in [0.3, 0.4) is 0 Å². The first kappa shape index (κ1) is 24.9. The smallest absolute Gasteiger partial charge is 0.387 e. The van der Waals surface area contributed by atoms with Crippen LogP contribution in [0.4, 0.5) is 13.2 Å². The molecular formula is C20H25F3IN3O2. The molecule has 0 amide bonds. The second-order valence-corrected chi connectivity index (χ2v) is 5.86. The number of rotatable bonds is 9. The summed E-state index contributed by atoms with van der Waals surface area (Å²) in [5, 5.41) is 6.31. The number of benzene rings is 2. The van der Waals surface area contributed by atoms with E-state index in [0.717, 1.165) is 11.1 Å². The molecule has 0 saturated carbocycles. The van der Waals surface area contributed by atoms with Crippen LogP contribution in [0.1, 0.15) is 18.1 Å². The summed E-state index contributed by atoms with van der Waals surface area (Å²) < 4.78 is 47.5. The first-order valence-corrected chi connectivity index (χ1v) is 8.90. The molecule has 0 fully saturated rings. The fourth-order valence-electron chi connectivity index (χ4n) is 2.49. The molecule has 0 aliphatic heterocycles. The van der Waals surface area contributed by atoms with E-state index >= 15 is 0 Å². The highest BCUT2D eigenvalue weighted by atomic mass is 127. The maximum absolute atomic E-state index is 13.0. The molecule has 5 nitrogen and oxygen atoms in total. The molecule has 0 saturated heterocycles. The van der Waals surface area contributed by atoms with Crippen molar-refractivity contribution in [3.05, 3.63) is 59.4 Å². The molecule has 0 radical (unpaired) electrons. The number of nitrogens with zero attached hydrogens (tertiary/aromatic N) is 1. The van der Waals surface area contributed by atoms with E-state index in [4.69, 9.17) is 4.74 Å². The predicted molar refractivity (Wildman–Crippen MR) is 118 cm³/mol. The highest BCUT2D eigenvalue weighted by Crippen LogP contribution is 2.29. The van der Waals surface area contributed by atoms with Gasteiger partial charge in [0.1, 0.15) is 5.82 Å². The van der Waals surface area contributed by atoms with Gasteiger partial charge in [0, 0.05) is 13.1 Å². The molecule has 0 bridgehead atoms. The minimum atomic E-state index is -2.92. The fourth-order valence-corrected chi connectivity index (χ4v) is 2.49. The summed E-state index contributed by atoms with van der Waals surface area (Å²) in [5.41, 5.74) is 1.71. The third-order valence-electron chi connectivity index (χ3n) is 3.83. The summed E-state index contributed by atoms with van der Waals surface area (Å²) >= 11 is 0. The van der Waals surface area contributed by atoms with Crippen molar-refractivity contribution in [2.24, 2.45) is 4.99 Å². The Balaban J connectivity index is 0.00000420. The van der Waals surface area contributed by atoms with Crippen molar-refractivity contribution in [2.75, 3.05) is 20.2 Å². The second kappa shape index (κ2) is 13.1. The Morgan fingerprint density at radius 1 is 1.03 bits per heavy atom. The standard InChI is InChI=1S/C20H24F3N3O2.HI/c1-3-24-20(26-13-15-4-7-16(21)8-5-15)25-11-10-14-6-9-17(27-2)18(12-14)28-19(22)23;/h4-9,12,19H,3,10-11,13H2,1-2H3,(H2,24,25,26);1H. The van der Waals surface area contributed by atoms with E-state index in [1.165, 1.54) is 25.3 Å². The lowest BCUT2D eigenvalue weighted by atomic mass is 10.1. The summed E-state index contributed by atoms with van der Waals surface area (Å²) in [5.74, 6) is 0.593. The van der Waals surface area contributed by atoms with Crippen LogP contribution >= 0.6 is 24.0 Å². The highest BCUT2D eigenvalue weighted by Gasteiger charge is 2.11. The Labute approximate surface area is 185 Å². The quantitative estimate of drug-likeness (QED) is 0.292. The Bertz CT molecular complexity index is 774. The van der Waals surface area contributed by atoms with E-state index in [1.54, 1.807) is 24.3 Å². The van der Waals surface area contributed by atoms with Crippen molar-refractivity contribution in [2.45, 2.75) is 26.5 Å². The first-order valence-electron chi connectivity index (χ1n) is 8.90. The number of ether oxygens (including phenoxy) is 2. The van der Waals surface area contributed by atoms with Gasteiger partial charge in [0.05, 0.1) is 13.7 Å². The average molecular weight is 523 g/mol. The molecule has 2 rings (SSSR count). The Kier molecular flexibility index (Phi) is 11.3. The number of methoxy groups -OCH3 is 1. The van der Waals surface area contributed by atoms with Crippen LogP contribution in [0.2, 0.25) is 0 Å². The molecule has 0 aromatic heterocycles. The van der Waals surface area contributed by atoms with Gasteiger partial charge in [-0.1, -0.05) is 18.2 Å². The van der Waals surface area contributed by atoms with Crippen LogP contribution in [0.5, 0.6) is 11.5 Å². The number of halogens is 4. The van der Waals surface area contributed by atoms with Crippen molar-refractivity contribution in [3.63, 3.8) is 0 Å². The lowest BCUT2D eigenvalue weighted by Crippen LogP contribution is -2.38. The predicted octanol–water partition coefficient (Wildman–Crippen LogP) is 4.35. The number of guanidine groups is 1. The molecule has 0 spiro atoms. The highest BCUT2D eigenvalue weighted by molar-refractivity contribution is 14.0. The number of aliphatic imine (C=N–C) groups is 1. The Morgan fingerprint density at radius 3 is 2.34 bits per heavy atom. The molecule has 0 aliphatic carbocycles. The third-order valence-corrected chi connectivity index (χ3v) is 3.83. The van der Waals surface area contributed by atoms with Crippen LogP contribution in [0.25, 0.3) is 0 Å². The first-order chi connectivity index (χ1) is 13.5. The molecule has 0 atom stereocenters. The van der Waals surface area contributed by atoms with E-state index < -0.39 is 6.61 Å². The third kappa shape index (κ3) is 8.80. The molecule has 0 heterocycles. The fraction of sp³-hybridized carbons (Fsp3) is 0.350. The van der Waals surface area contributed by atoms with Gasteiger partial charge in [0.2, 0.25) is 0 Å². The molecular weight excluding hydrogens is 498 g/mol. The van der Waals surface area contributed by atoms with Crippen molar-refractivity contribution in [3.8, 4) is 11.5 Å². The van der Waals surface area contributed by atoms with E-state index in [9.17, 15) is 13.2 Å². The van der Waals surface area contributed by atoms with E-state index in [1.807, 2.05) is 6.92 Å². The van der Waals surface area contributed by atoms with E-state index in [0.29, 0.717) is 32.0 Å². The van der Waals surface area contributed by atoms with E-state index in [-0.39, 0.29) is 41.3 Å². The van der Waals surface area contributed by atoms with Crippen molar-refractivity contribution in [1.29, 1.82) is 0 Å². The molecule has 0 unspecified atom stereocenters. The van der Waals surface area contributed by atoms with Gasteiger partial charge in [0.15, 0.2) is 17.5 Å². The number of alkyl halides is 2. The van der Waals surface area contributed by atoms with Crippen molar-refractivity contribution >= 4 is 29.9 Å². The SMILES string of the molecule is CCNC(=NCc1ccc(F)cc1)NCCc1ccc(OC)c(OC(F)F)c1.I. The molecule has 9 heteroatoms. The number of hydrogen-bond acceptors (Lipinski definition) is 3. The number of nitrogens with one attached hydrogen (secondary N) is 2. The van der Waals surface area contributed by atoms with Gasteiger partial charge >= 0.3 is 6.61 Å². The average Bonchev–Trinajstić information content (AvgIpc) is 2.67. The van der Waals surface area contributed by atoms with Crippen molar-refractivity contribution < 1.29 is 22.6 Å². The topological polar surface area (TPSA) is 54.9 Å². The molecule has 2 aromatic carbocycles. The maximum atomic E-state index is 13.0. The van der Waals surface area contributed by atoms with Crippen LogP contribution in [0, 0.1) is 5.82 Å². The molecule has 2 N–H and O–H groups in total. The summed E-state index contributed by atoms with van der Waals surface area (Å²) in [7, 11) is 1.40. The largest absolute Gasteiger partial charge is 0.493 e. The van der Waals surface area contributed by atoms with Crippen LogP contribution in [-0.4, -0.2) is 32.8 Å². The summed E-state index contributed by atoms with van der Waals surface area (Å²) in [4.78, 5) is 4.46. The minimum Gasteiger partial charge on any atom is -0.493 e. The van der Waals surface area contributed by atoms with Gasteiger partial charge in [-0.25, -0.2) is 9.38 Å². The minimum absolute atomic E-state index is 0. The zero-order valence-corrected chi connectivity index (χ0v) is 18.6. The van der Waals surface area contributed by atoms with Gasteiger partial charge in [-0.15, -0.1) is 24.0 Å². The monoisotopic (exact) mass is 523 g/mol. The normalized spacial score (nSPS) is 11.0. The molecule has 160 valence electrons. The number of hydrogen-bond donors (Lipinski definition) is 2. The second-order valence-electron chi connectivity index (χ2n) is 5.86. The van der Waals surface area contributed by atoms with E-state index in [2.05, 4.69) is 20.4 Å². The Hall–Kier alpha value is -2.17. The summed E-state index contributed by atoms with van der Waals surface area (Å²) in [6.07, 6.45) is 0.574. The van der Waals surface area contributed by atoms with Crippen LogP contribution in [0.15, 0.2) is 47.5 Å². The van der Waals surface area contributed by atoms with Crippen molar-refractivity contribution in [1.82, 2.24) is 10.6 Å². The molecule has 2 aromatic rings. The molecule has 29 heavy (non-hydrogen) atoms. The Morgan fingerprint density at radius 2 is 1.72 bits per heavy atom. The maximum Gasteiger partial charge on any atom is 0.387 e.